The molecule has 0 aliphatic heterocycles. The SMILES string of the molecule is NNc1ccncc1C(=O)Nc1cccc2c1CCCC2. The molecule has 0 spiro atoms. The van der Waals surface area contributed by atoms with Gasteiger partial charge in [-0.2, -0.15) is 0 Å². The number of hydrogen-bond donors (Lipinski definition) is 3. The highest BCUT2D eigenvalue weighted by Crippen LogP contribution is 2.28. The Labute approximate surface area is 123 Å². The number of nitrogen functional groups attached to an aromatic ring is 1. The molecule has 0 fully saturated rings. The van der Waals surface area contributed by atoms with E-state index in [9.17, 15) is 4.79 Å². The molecular weight excluding hydrogens is 264 g/mol. The van der Waals surface area contributed by atoms with E-state index in [1.54, 1.807) is 12.3 Å². The Morgan fingerprint density at radius 3 is 2.86 bits per heavy atom. The van der Waals surface area contributed by atoms with E-state index >= 15 is 0 Å². The molecule has 1 heterocycles. The molecule has 21 heavy (non-hydrogen) atoms. The second kappa shape index (κ2) is 5.93. The van der Waals surface area contributed by atoms with E-state index in [0.717, 1.165) is 18.5 Å². The number of aromatic nitrogens is 1. The highest BCUT2D eigenvalue weighted by molar-refractivity contribution is 6.08. The summed E-state index contributed by atoms with van der Waals surface area (Å²) in [4.78, 5) is 16.4. The monoisotopic (exact) mass is 282 g/mol. The van der Waals surface area contributed by atoms with Gasteiger partial charge in [-0.3, -0.25) is 15.6 Å². The smallest absolute Gasteiger partial charge is 0.259 e. The number of anilines is 2. The van der Waals surface area contributed by atoms with E-state index in [2.05, 4.69) is 21.8 Å². The van der Waals surface area contributed by atoms with E-state index in [-0.39, 0.29) is 5.91 Å². The third-order valence-electron chi connectivity index (χ3n) is 3.87. The fourth-order valence-electron chi connectivity index (χ4n) is 2.79. The Morgan fingerprint density at radius 1 is 1.14 bits per heavy atom. The van der Waals surface area contributed by atoms with Crippen molar-refractivity contribution in [2.45, 2.75) is 25.7 Å². The molecule has 5 heteroatoms. The van der Waals surface area contributed by atoms with Gasteiger partial charge in [0.25, 0.3) is 5.91 Å². The minimum absolute atomic E-state index is 0.199. The number of nitrogens with two attached hydrogens (primary N) is 1. The molecule has 0 saturated heterocycles. The lowest BCUT2D eigenvalue weighted by molar-refractivity contribution is 0.102. The number of aryl methyl sites for hydroxylation is 1. The average molecular weight is 282 g/mol. The maximum atomic E-state index is 12.4. The van der Waals surface area contributed by atoms with Crippen LogP contribution in [0.1, 0.15) is 34.3 Å². The number of fused-ring (bicyclic) bond motifs is 1. The number of benzene rings is 1. The zero-order valence-electron chi connectivity index (χ0n) is 11.7. The van der Waals surface area contributed by atoms with Gasteiger partial charge in [0.05, 0.1) is 11.3 Å². The Balaban J connectivity index is 1.88. The average Bonchev–Trinajstić information content (AvgIpc) is 2.55. The van der Waals surface area contributed by atoms with Crippen LogP contribution < -0.4 is 16.6 Å². The summed E-state index contributed by atoms with van der Waals surface area (Å²) in [6.07, 6.45) is 7.59. The zero-order valence-corrected chi connectivity index (χ0v) is 11.7. The van der Waals surface area contributed by atoms with Crippen LogP contribution in [0.4, 0.5) is 11.4 Å². The van der Waals surface area contributed by atoms with Gasteiger partial charge in [-0.1, -0.05) is 12.1 Å². The molecule has 0 bridgehead atoms. The molecule has 0 unspecified atom stereocenters. The van der Waals surface area contributed by atoms with Gasteiger partial charge >= 0.3 is 0 Å². The quantitative estimate of drug-likeness (QED) is 0.597. The molecular formula is C16H18N4O. The fraction of sp³-hybridized carbons (Fsp3) is 0.250. The normalized spacial score (nSPS) is 13.4. The Hall–Kier alpha value is -2.40. The van der Waals surface area contributed by atoms with Crippen LogP contribution >= 0.6 is 0 Å². The van der Waals surface area contributed by atoms with Gasteiger partial charge in [-0.25, -0.2) is 0 Å². The van der Waals surface area contributed by atoms with Crippen LogP contribution in [0.5, 0.6) is 0 Å². The van der Waals surface area contributed by atoms with Gasteiger partial charge in [0.1, 0.15) is 0 Å². The molecule has 0 atom stereocenters. The Kier molecular flexibility index (Phi) is 3.83. The highest BCUT2D eigenvalue weighted by atomic mass is 16.1. The number of rotatable bonds is 3. The van der Waals surface area contributed by atoms with Crippen molar-refractivity contribution in [3.05, 3.63) is 53.3 Å². The molecule has 1 aliphatic carbocycles. The van der Waals surface area contributed by atoms with E-state index in [0.29, 0.717) is 11.3 Å². The first-order valence-corrected chi connectivity index (χ1v) is 7.12. The van der Waals surface area contributed by atoms with Crippen LogP contribution in [0.2, 0.25) is 0 Å². The van der Waals surface area contributed by atoms with Crippen LogP contribution in [0.25, 0.3) is 0 Å². The Morgan fingerprint density at radius 2 is 2.00 bits per heavy atom. The lowest BCUT2D eigenvalue weighted by atomic mass is 9.90. The standard InChI is InChI=1S/C16H18N4O/c17-20-15-8-9-18-10-13(15)16(21)19-14-7-3-5-11-4-1-2-6-12(11)14/h3,5,7-10H,1-2,4,6,17H2,(H,18,20)(H,19,21). The summed E-state index contributed by atoms with van der Waals surface area (Å²) in [6.45, 7) is 0. The summed E-state index contributed by atoms with van der Waals surface area (Å²) in [5.41, 5.74) is 7.01. The van der Waals surface area contributed by atoms with Crippen molar-refractivity contribution in [2.75, 3.05) is 10.7 Å². The molecule has 2 aromatic rings. The first-order chi connectivity index (χ1) is 10.3. The number of carbonyl (C=O) groups is 1. The fourth-order valence-corrected chi connectivity index (χ4v) is 2.79. The van der Waals surface area contributed by atoms with Crippen molar-refractivity contribution in [3.63, 3.8) is 0 Å². The summed E-state index contributed by atoms with van der Waals surface area (Å²) in [6, 6.07) is 7.76. The third-order valence-corrected chi connectivity index (χ3v) is 3.87. The molecule has 0 saturated carbocycles. The molecule has 1 aromatic carbocycles. The van der Waals surface area contributed by atoms with E-state index < -0.39 is 0 Å². The molecule has 108 valence electrons. The first kappa shape index (κ1) is 13.6. The number of hydrogen-bond acceptors (Lipinski definition) is 4. The summed E-state index contributed by atoms with van der Waals surface area (Å²) in [5, 5.41) is 2.99. The second-order valence-corrected chi connectivity index (χ2v) is 5.17. The molecule has 1 aromatic heterocycles. The van der Waals surface area contributed by atoms with Gasteiger partial charge < -0.3 is 10.7 Å². The molecule has 0 radical (unpaired) electrons. The maximum absolute atomic E-state index is 12.4. The third kappa shape index (κ3) is 2.73. The summed E-state index contributed by atoms with van der Waals surface area (Å²) >= 11 is 0. The van der Waals surface area contributed by atoms with E-state index in [4.69, 9.17) is 5.84 Å². The van der Waals surface area contributed by atoms with Crippen molar-refractivity contribution in [2.24, 2.45) is 5.84 Å². The Bertz CT molecular complexity index is 669. The van der Waals surface area contributed by atoms with E-state index in [1.165, 1.54) is 30.2 Å². The van der Waals surface area contributed by atoms with Crippen LogP contribution in [-0.4, -0.2) is 10.9 Å². The number of hydrazine groups is 1. The minimum Gasteiger partial charge on any atom is -0.323 e. The van der Waals surface area contributed by atoms with Gasteiger partial charge in [0, 0.05) is 18.1 Å². The first-order valence-electron chi connectivity index (χ1n) is 7.12. The number of nitrogens with one attached hydrogen (secondary N) is 2. The maximum Gasteiger partial charge on any atom is 0.259 e. The van der Waals surface area contributed by atoms with Crippen LogP contribution in [0.15, 0.2) is 36.7 Å². The molecule has 3 rings (SSSR count). The largest absolute Gasteiger partial charge is 0.323 e. The van der Waals surface area contributed by atoms with Crippen molar-refractivity contribution in [1.29, 1.82) is 0 Å². The highest BCUT2D eigenvalue weighted by Gasteiger charge is 2.16. The van der Waals surface area contributed by atoms with Crippen molar-refractivity contribution in [1.82, 2.24) is 4.98 Å². The summed E-state index contributed by atoms with van der Waals surface area (Å²) < 4.78 is 0. The topological polar surface area (TPSA) is 80.0 Å². The second-order valence-electron chi connectivity index (χ2n) is 5.17. The number of carbonyl (C=O) groups excluding carboxylic acids is 1. The van der Waals surface area contributed by atoms with Crippen molar-refractivity contribution < 1.29 is 4.79 Å². The lowest BCUT2D eigenvalue weighted by Crippen LogP contribution is -2.19. The van der Waals surface area contributed by atoms with E-state index in [1.807, 2.05) is 12.1 Å². The molecule has 1 amide bonds. The number of nitrogens with zero attached hydrogens (tertiary/aromatic N) is 1. The minimum atomic E-state index is -0.199. The van der Waals surface area contributed by atoms with Gasteiger partial charge in [0.15, 0.2) is 0 Å². The predicted molar refractivity (Wildman–Crippen MR) is 83.1 cm³/mol. The van der Waals surface area contributed by atoms with Crippen molar-refractivity contribution >= 4 is 17.3 Å². The molecule has 4 N–H and O–H groups in total. The summed E-state index contributed by atoms with van der Waals surface area (Å²) in [5.74, 6) is 5.24. The predicted octanol–water partition coefficient (Wildman–Crippen LogP) is 2.50. The summed E-state index contributed by atoms with van der Waals surface area (Å²) in [7, 11) is 0. The van der Waals surface area contributed by atoms with Gasteiger partial charge in [0.2, 0.25) is 0 Å². The van der Waals surface area contributed by atoms with Crippen molar-refractivity contribution in [3.8, 4) is 0 Å². The number of amides is 1. The van der Waals surface area contributed by atoms with Crippen LogP contribution in [0, 0.1) is 0 Å². The van der Waals surface area contributed by atoms with Gasteiger partial charge in [-0.15, -0.1) is 0 Å². The zero-order chi connectivity index (χ0) is 14.7. The molecule has 5 nitrogen and oxygen atoms in total. The van der Waals surface area contributed by atoms with Gasteiger partial charge in [-0.05, 0) is 48.9 Å². The van der Waals surface area contributed by atoms with Crippen LogP contribution in [0.3, 0.4) is 0 Å². The lowest BCUT2D eigenvalue weighted by Gasteiger charge is -2.19. The molecule has 1 aliphatic rings. The van der Waals surface area contributed by atoms with Crippen LogP contribution in [-0.2, 0) is 12.8 Å². The number of pyridine rings is 1.